The SMILES string of the molecule is CC(=CC#N)c1ccc2c(c1)OCCCO2. The van der Waals surface area contributed by atoms with Gasteiger partial charge in [-0.1, -0.05) is 6.07 Å². The highest BCUT2D eigenvalue weighted by atomic mass is 16.5. The van der Waals surface area contributed by atoms with Gasteiger partial charge >= 0.3 is 0 Å². The van der Waals surface area contributed by atoms with E-state index < -0.39 is 0 Å². The Bertz CT molecular complexity index is 457. The number of nitrogens with zero attached hydrogens (tertiary/aromatic N) is 1. The third-order valence-electron chi connectivity index (χ3n) is 2.48. The van der Waals surface area contributed by atoms with Crippen molar-refractivity contribution in [2.24, 2.45) is 0 Å². The second kappa shape index (κ2) is 4.71. The summed E-state index contributed by atoms with van der Waals surface area (Å²) in [6.45, 7) is 3.28. The maximum Gasteiger partial charge on any atom is 0.161 e. The van der Waals surface area contributed by atoms with Crippen molar-refractivity contribution in [2.75, 3.05) is 13.2 Å². The van der Waals surface area contributed by atoms with E-state index in [1.807, 2.05) is 31.2 Å². The molecule has 0 amide bonds. The zero-order valence-corrected chi connectivity index (χ0v) is 9.19. The summed E-state index contributed by atoms with van der Waals surface area (Å²) < 4.78 is 11.1. The van der Waals surface area contributed by atoms with E-state index in [0.29, 0.717) is 13.2 Å². The first-order valence-corrected chi connectivity index (χ1v) is 5.27. The Morgan fingerprint density at radius 1 is 1.31 bits per heavy atom. The molecule has 0 radical (unpaired) electrons. The lowest BCUT2D eigenvalue weighted by atomic mass is 10.1. The molecule has 0 spiro atoms. The van der Waals surface area contributed by atoms with Gasteiger partial charge in [-0.2, -0.15) is 5.26 Å². The predicted octanol–water partition coefficient (Wildman–Crippen LogP) is 2.77. The minimum Gasteiger partial charge on any atom is -0.490 e. The number of ether oxygens (including phenoxy) is 2. The summed E-state index contributed by atoms with van der Waals surface area (Å²) in [7, 11) is 0. The molecule has 0 saturated carbocycles. The maximum atomic E-state index is 8.60. The molecule has 82 valence electrons. The highest BCUT2D eigenvalue weighted by Crippen LogP contribution is 2.32. The minimum atomic E-state index is 0.678. The fraction of sp³-hybridized carbons (Fsp3) is 0.308. The number of hydrogen-bond donors (Lipinski definition) is 0. The standard InChI is InChI=1S/C13H13NO2/c1-10(5-6-14)11-3-4-12-13(9-11)16-8-2-7-15-12/h3-5,9H,2,7-8H2,1H3. The summed E-state index contributed by atoms with van der Waals surface area (Å²) in [5.41, 5.74) is 1.92. The third kappa shape index (κ3) is 2.17. The molecule has 0 bridgehead atoms. The summed E-state index contributed by atoms with van der Waals surface area (Å²) in [4.78, 5) is 0. The molecular formula is C13H13NO2. The lowest BCUT2D eigenvalue weighted by Crippen LogP contribution is -1.97. The molecule has 0 unspecified atom stereocenters. The zero-order valence-electron chi connectivity index (χ0n) is 9.19. The zero-order chi connectivity index (χ0) is 11.4. The average molecular weight is 215 g/mol. The van der Waals surface area contributed by atoms with Crippen LogP contribution in [-0.2, 0) is 0 Å². The molecule has 0 N–H and O–H groups in total. The first kappa shape index (κ1) is 10.6. The van der Waals surface area contributed by atoms with E-state index in [2.05, 4.69) is 0 Å². The molecule has 2 rings (SSSR count). The molecule has 0 aliphatic carbocycles. The lowest BCUT2D eigenvalue weighted by molar-refractivity contribution is 0.297. The normalized spacial score (nSPS) is 15.1. The number of allylic oxidation sites excluding steroid dienone is 2. The fourth-order valence-corrected chi connectivity index (χ4v) is 1.59. The topological polar surface area (TPSA) is 42.2 Å². The molecule has 3 nitrogen and oxygen atoms in total. The van der Waals surface area contributed by atoms with Gasteiger partial charge in [0.25, 0.3) is 0 Å². The molecular weight excluding hydrogens is 202 g/mol. The Morgan fingerprint density at radius 2 is 2.06 bits per heavy atom. The highest BCUT2D eigenvalue weighted by Gasteiger charge is 2.10. The number of nitriles is 1. The van der Waals surface area contributed by atoms with Gasteiger partial charge in [0.15, 0.2) is 11.5 Å². The van der Waals surface area contributed by atoms with E-state index in [-0.39, 0.29) is 0 Å². The summed E-state index contributed by atoms with van der Waals surface area (Å²) in [5, 5.41) is 8.60. The van der Waals surface area contributed by atoms with Crippen LogP contribution in [0.5, 0.6) is 11.5 Å². The molecule has 0 atom stereocenters. The van der Waals surface area contributed by atoms with Crippen molar-refractivity contribution in [3.63, 3.8) is 0 Å². The first-order valence-electron chi connectivity index (χ1n) is 5.27. The summed E-state index contributed by atoms with van der Waals surface area (Å²) >= 11 is 0. The van der Waals surface area contributed by atoms with Crippen LogP contribution in [0.25, 0.3) is 5.57 Å². The van der Waals surface area contributed by atoms with Gasteiger partial charge in [0, 0.05) is 12.5 Å². The van der Waals surface area contributed by atoms with Crippen LogP contribution >= 0.6 is 0 Å². The summed E-state index contributed by atoms with van der Waals surface area (Å²) in [5.74, 6) is 1.55. The average Bonchev–Trinajstić information content (AvgIpc) is 2.53. The van der Waals surface area contributed by atoms with Crippen molar-refractivity contribution in [3.05, 3.63) is 29.8 Å². The summed E-state index contributed by atoms with van der Waals surface area (Å²) in [6, 6.07) is 7.78. The third-order valence-corrected chi connectivity index (χ3v) is 2.48. The van der Waals surface area contributed by atoms with Crippen LogP contribution in [0.2, 0.25) is 0 Å². The van der Waals surface area contributed by atoms with E-state index in [1.54, 1.807) is 0 Å². The van der Waals surface area contributed by atoms with Crippen molar-refractivity contribution in [2.45, 2.75) is 13.3 Å². The monoisotopic (exact) mass is 215 g/mol. The number of benzene rings is 1. The number of fused-ring (bicyclic) bond motifs is 1. The lowest BCUT2D eigenvalue weighted by Gasteiger charge is -2.09. The number of hydrogen-bond acceptors (Lipinski definition) is 3. The van der Waals surface area contributed by atoms with E-state index in [1.165, 1.54) is 6.08 Å². The van der Waals surface area contributed by atoms with Gasteiger partial charge in [-0.25, -0.2) is 0 Å². The molecule has 1 aromatic rings. The second-order valence-corrected chi connectivity index (χ2v) is 3.67. The van der Waals surface area contributed by atoms with Gasteiger partial charge in [0.1, 0.15) is 0 Å². The highest BCUT2D eigenvalue weighted by molar-refractivity contribution is 5.68. The predicted molar refractivity (Wildman–Crippen MR) is 61.3 cm³/mol. The van der Waals surface area contributed by atoms with Crippen LogP contribution in [0.4, 0.5) is 0 Å². The molecule has 1 heterocycles. The Hall–Kier alpha value is -1.95. The fourth-order valence-electron chi connectivity index (χ4n) is 1.59. The van der Waals surface area contributed by atoms with Crippen LogP contribution in [0.15, 0.2) is 24.3 Å². The molecule has 16 heavy (non-hydrogen) atoms. The quantitative estimate of drug-likeness (QED) is 0.676. The summed E-state index contributed by atoms with van der Waals surface area (Å²) in [6.07, 6.45) is 2.43. The van der Waals surface area contributed by atoms with Gasteiger partial charge in [0.2, 0.25) is 0 Å². The van der Waals surface area contributed by atoms with Crippen LogP contribution in [0.3, 0.4) is 0 Å². The molecule has 0 aromatic heterocycles. The van der Waals surface area contributed by atoms with Crippen LogP contribution in [0.1, 0.15) is 18.9 Å². The van der Waals surface area contributed by atoms with Gasteiger partial charge < -0.3 is 9.47 Å². The second-order valence-electron chi connectivity index (χ2n) is 3.67. The van der Waals surface area contributed by atoms with Crippen molar-refractivity contribution < 1.29 is 9.47 Å². The van der Waals surface area contributed by atoms with Gasteiger partial charge in [-0.3, -0.25) is 0 Å². The van der Waals surface area contributed by atoms with Gasteiger partial charge in [0.05, 0.1) is 19.3 Å². The first-order chi connectivity index (χ1) is 7.81. The largest absolute Gasteiger partial charge is 0.490 e. The van der Waals surface area contributed by atoms with Crippen molar-refractivity contribution in [1.29, 1.82) is 5.26 Å². The van der Waals surface area contributed by atoms with E-state index >= 15 is 0 Å². The van der Waals surface area contributed by atoms with Crippen LogP contribution in [-0.4, -0.2) is 13.2 Å². The molecule has 1 aliphatic heterocycles. The molecule has 0 fully saturated rings. The maximum absolute atomic E-state index is 8.60. The Labute approximate surface area is 94.9 Å². The van der Waals surface area contributed by atoms with E-state index in [9.17, 15) is 0 Å². The van der Waals surface area contributed by atoms with Gasteiger partial charge in [-0.15, -0.1) is 0 Å². The van der Waals surface area contributed by atoms with Crippen LogP contribution in [0, 0.1) is 11.3 Å². The molecule has 1 aliphatic rings. The van der Waals surface area contributed by atoms with Gasteiger partial charge in [-0.05, 0) is 30.2 Å². The van der Waals surface area contributed by atoms with E-state index in [4.69, 9.17) is 14.7 Å². The Balaban J connectivity index is 2.35. The minimum absolute atomic E-state index is 0.678. The molecule has 3 heteroatoms. The van der Waals surface area contributed by atoms with Crippen molar-refractivity contribution in [1.82, 2.24) is 0 Å². The Kier molecular flexibility index (Phi) is 3.11. The van der Waals surface area contributed by atoms with Crippen molar-refractivity contribution in [3.8, 4) is 17.6 Å². The van der Waals surface area contributed by atoms with E-state index in [0.717, 1.165) is 29.1 Å². The Morgan fingerprint density at radius 3 is 2.81 bits per heavy atom. The smallest absolute Gasteiger partial charge is 0.161 e. The molecule has 1 aromatic carbocycles. The van der Waals surface area contributed by atoms with Crippen LogP contribution < -0.4 is 9.47 Å². The number of rotatable bonds is 1. The molecule has 0 saturated heterocycles. The van der Waals surface area contributed by atoms with Crippen molar-refractivity contribution >= 4 is 5.57 Å².